The highest BCUT2D eigenvalue weighted by molar-refractivity contribution is 6.30. The van der Waals surface area contributed by atoms with Crippen LogP contribution in [0.4, 0.5) is 10.5 Å². The number of carboxylic acid groups (broad SMARTS) is 1. The van der Waals surface area contributed by atoms with Gasteiger partial charge < -0.3 is 9.84 Å². The van der Waals surface area contributed by atoms with Gasteiger partial charge in [-0.3, -0.25) is 4.90 Å². The van der Waals surface area contributed by atoms with E-state index in [-0.39, 0.29) is 6.61 Å². The van der Waals surface area contributed by atoms with Gasteiger partial charge in [0, 0.05) is 10.7 Å². The smallest absolute Gasteiger partial charge is 0.415 e. The zero-order valence-corrected chi connectivity index (χ0v) is 11.1. The second-order valence-corrected chi connectivity index (χ2v) is 4.16. The Bertz CT molecular complexity index is 472. The van der Waals surface area contributed by atoms with Gasteiger partial charge in [0.2, 0.25) is 0 Å². The first-order valence-corrected chi connectivity index (χ1v) is 5.90. The van der Waals surface area contributed by atoms with Crippen LogP contribution in [0, 0.1) is 0 Å². The van der Waals surface area contributed by atoms with Crippen LogP contribution >= 0.6 is 11.6 Å². The van der Waals surface area contributed by atoms with Crippen LogP contribution < -0.4 is 4.90 Å². The zero-order chi connectivity index (χ0) is 14.4. The molecule has 5 nitrogen and oxygen atoms in total. The number of ether oxygens (including phenoxy) is 1. The van der Waals surface area contributed by atoms with E-state index in [2.05, 4.69) is 6.58 Å². The Kier molecular flexibility index (Phi) is 5.38. The van der Waals surface area contributed by atoms with Gasteiger partial charge in [-0.25, -0.2) is 9.59 Å². The number of hydrogen-bond acceptors (Lipinski definition) is 3. The average molecular weight is 284 g/mol. The van der Waals surface area contributed by atoms with Gasteiger partial charge >= 0.3 is 12.1 Å². The molecule has 0 saturated carbocycles. The summed E-state index contributed by atoms with van der Waals surface area (Å²) in [6.07, 6.45) is 0.653. The number of carbonyl (C=O) groups excluding carboxylic acids is 1. The predicted octanol–water partition coefficient (Wildman–Crippen LogP) is 2.94. The molecule has 1 N–H and O–H groups in total. The molecule has 1 amide bonds. The van der Waals surface area contributed by atoms with Crippen LogP contribution in [0.5, 0.6) is 0 Å². The highest BCUT2D eigenvalue weighted by Gasteiger charge is 2.28. The molecule has 1 aromatic rings. The minimum Gasteiger partial charge on any atom is -0.480 e. The van der Waals surface area contributed by atoms with E-state index >= 15 is 0 Å². The van der Waals surface area contributed by atoms with E-state index < -0.39 is 18.1 Å². The third-order valence-electron chi connectivity index (χ3n) is 2.37. The highest BCUT2D eigenvalue weighted by atomic mass is 35.5. The van der Waals surface area contributed by atoms with Crippen molar-refractivity contribution in [2.75, 3.05) is 11.5 Å². The topological polar surface area (TPSA) is 66.8 Å². The van der Waals surface area contributed by atoms with E-state index in [1.54, 1.807) is 24.3 Å². The molecular weight excluding hydrogens is 270 g/mol. The predicted molar refractivity (Wildman–Crippen MR) is 72.6 cm³/mol. The Balaban J connectivity index is 3.04. The molecule has 102 valence electrons. The van der Waals surface area contributed by atoms with Gasteiger partial charge in [0.15, 0.2) is 0 Å². The summed E-state index contributed by atoms with van der Waals surface area (Å²) in [5.74, 6) is -1.13. The molecule has 0 heterocycles. The quantitative estimate of drug-likeness (QED) is 0.844. The van der Waals surface area contributed by atoms with Crippen LogP contribution in [0.2, 0.25) is 5.02 Å². The molecular formula is C13H14ClNO4. The van der Waals surface area contributed by atoms with Crippen molar-refractivity contribution in [3.05, 3.63) is 41.9 Å². The van der Waals surface area contributed by atoms with E-state index in [4.69, 9.17) is 21.4 Å². The number of hydrogen-bond donors (Lipinski definition) is 1. The number of carbonyl (C=O) groups is 2. The molecule has 0 aliphatic carbocycles. The third kappa shape index (κ3) is 3.99. The number of carboxylic acids is 1. The lowest BCUT2D eigenvalue weighted by molar-refractivity contribution is -0.138. The fourth-order valence-electron chi connectivity index (χ4n) is 1.40. The highest BCUT2D eigenvalue weighted by Crippen LogP contribution is 2.21. The minimum absolute atomic E-state index is 0.00919. The van der Waals surface area contributed by atoms with Crippen molar-refractivity contribution in [3.8, 4) is 0 Å². The molecule has 0 fully saturated rings. The molecule has 0 saturated heterocycles. The van der Waals surface area contributed by atoms with Gasteiger partial charge in [-0.2, -0.15) is 0 Å². The molecule has 1 aromatic carbocycles. The molecule has 0 aromatic heterocycles. The normalized spacial score (nSPS) is 11.5. The summed E-state index contributed by atoms with van der Waals surface area (Å²) in [6.45, 7) is 4.83. The van der Waals surface area contributed by atoms with E-state index in [1.807, 2.05) is 0 Å². The lowest BCUT2D eigenvalue weighted by Crippen LogP contribution is -2.43. The maximum Gasteiger partial charge on any atom is 0.415 e. The SMILES string of the molecule is C=CCOC(=O)N(c1ccc(Cl)cc1)[C@@H](C)C(=O)O. The molecule has 1 rings (SSSR count). The van der Waals surface area contributed by atoms with Gasteiger partial charge in [-0.05, 0) is 31.2 Å². The summed E-state index contributed by atoms with van der Waals surface area (Å²) < 4.78 is 4.88. The van der Waals surface area contributed by atoms with Crippen molar-refractivity contribution < 1.29 is 19.4 Å². The molecule has 0 unspecified atom stereocenters. The van der Waals surface area contributed by atoms with Gasteiger partial charge in [0.05, 0.1) is 0 Å². The Hall–Kier alpha value is -2.01. The van der Waals surface area contributed by atoms with Gasteiger partial charge in [0.1, 0.15) is 12.6 Å². The van der Waals surface area contributed by atoms with E-state index in [0.717, 1.165) is 4.90 Å². The van der Waals surface area contributed by atoms with Crippen molar-refractivity contribution in [1.82, 2.24) is 0 Å². The van der Waals surface area contributed by atoms with Crippen molar-refractivity contribution in [3.63, 3.8) is 0 Å². The molecule has 0 radical (unpaired) electrons. The van der Waals surface area contributed by atoms with Crippen molar-refractivity contribution in [2.45, 2.75) is 13.0 Å². The second-order valence-electron chi connectivity index (χ2n) is 3.73. The minimum atomic E-state index is -1.13. The first-order valence-electron chi connectivity index (χ1n) is 5.52. The number of amides is 1. The van der Waals surface area contributed by atoms with Crippen LogP contribution in [0.3, 0.4) is 0 Å². The summed E-state index contributed by atoms with van der Waals surface area (Å²) in [5, 5.41) is 9.54. The van der Waals surface area contributed by atoms with Crippen LogP contribution in [0.1, 0.15) is 6.92 Å². The number of nitrogens with zero attached hydrogens (tertiary/aromatic N) is 1. The molecule has 6 heteroatoms. The standard InChI is InChI=1S/C13H14ClNO4/c1-3-8-19-13(18)15(9(2)12(16)17)11-6-4-10(14)5-7-11/h3-7,9H,1,8H2,2H3,(H,16,17)/t9-/m0/s1. The molecule has 19 heavy (non-hydrogen) atoms. The fourth-order valence-corrected chi connectivity index (χ4v) is 1.53. The first kappa shape index (κ1) is 15.0. The average Bonchev–Trinajstić information content (AvgIpc) is 2.38. The first-order chi connectivity index (χ1) is 8.97. The Labute approximate surface area is 116 Å². The molecule has 0 spiro atoms. The molecule has 1 atom stereocenters. The molecule has 0 aliphatic heterocycles. The summed E-state index contributed by atoms with van der Waals surface area (Å²) in [5.41, 5.74) is 0.397. The second kappa shape index (κ2) is 6.80. The lowest BCUT2D eigenvalue weighted by Gasteiger charge is -2.25. The summed E-state index contributed by atoms with van der Waals surface area (Å²) >= 11 is 5.76. The van der Waals surface area contributed by atoms with Crippen molar-refractivity contribution in [1.29, 1.82) is 0 Å². The van der Waals surface area contributed by atoms with E-state index in [0.29, 0.717) is 10.7 Å². The lowest BCUT2D eigenvalue weighted by atomic mass is 10.2. The number of anilines is 1. The van der Waals surface area contributed by atoms with Crippen LogP contribution in [0.25, 0.3) is 0 Å². The molecule has 0 bridgehead atoms. The monoisotopic (exact) mass is 283 g/mol. The summed E-state index contributed by atoms with van der Waals surface area (Å²) in [6, 6.07) is 5.19. The Morgan fingerprint density at radius 3 is 2.53 bits per heavy atom. The van der Waals surface area contributed by atoms with Crippen molar-refractivity contribution >= 4 is 29.4 Å². The van der Waals surface area contributed by atoms with Crippen LogP contribution in [0.15, 0.2) is 36.9 Å². The van der Waals surface area contributed by atoms with Crippen molar-refractivity contribution in [2.24, 2.45) is 0 Å². The summed E-state index contributed by atoms with van der Waals surface area (Å²) in [7, 11) is 0. The zero-order valence-electron chi connectivity index (χ0n) is 10.4. The van der Waals surface area contributed by atoms with Crippen LogP contribution in [-0.4, -0.2) is 29.8 Å². The van der Waals surface area contributed by atoms with E-state index in [9.17, 15) is 9.59 Å². The number of benzene rings is 1. The van der Waals surface area contributed by atoms with Gasteiger partial charge in [0.25, 0.3) is 0 Å². The number of aliphatic carboxylic acids is 1. The van der Waals surface area contributed by atoms with Gasteiger partial charge in [-0.1, -0.05) is 24.3 Å². The Morgan fingerprint density at radius 1 is 1.47 bits per heavy atom. The fraction of sp³-hybridized carbons (Fsp3) is 0.231. The number of halogens is 1. The third-order valence-corrected chi connectivity index (χ3v) is 2.62. The maximum atomic E-state index is 11.9. The summed E-state index contributed by atoms with van der Waals surface area (Å²) in [4.78, 5) is 24.0. The molecule has 0 aliphatic rings. The van der Waals surface area contributed by atoms with E-state index in [1.165, 1.54) is 13.0 Å². The number of rotatable bonds is 5. The largest absolute Gasteiger partial charge is 0.480 e. The Morgan fingerprint density at radius 2 is 2.05 bits per heavy atom. The van der Waals surface area contributed by atoms with Gasteiger partial charge in [-0.15, -0.1) is 0 Å². The maximum absolute atomic E-state index is 11.9. The van der Waals surface area contributed by atoms with Crippen LogP contribution in [-0.2, 0) is 9.53 Å².